The highest BCUT2D eigenvalue weighted by atomic mass is 16.4. The van der Waals surface area contributed by atoms with Crippen molar-refractivity contribution in [1.82, 2.24) is 0 Å². The van der Waals surface area contributed by atoms with E-state index in [9.17, 15) is 14.7 Å². The van der Waals surface area contributed by atoms with E-state index in [1.165, 1.54) is 110 Å². The van der Waals surface area contributed by atoms with Gasteiger partial charge in [-0.25, -0.2) is 0 Å². The summed E-state index contributed by atoms with van der Waals surface area (Å²) in [6.45, 7) is 5.98. The SMILES string of the molecule is CCCCCCCCCCCCC(CCCCCCCCCCCC)(C(C)=O)C(=O)O. The van der Waals surface area contributed by atoms with E-state index in [1.54, 1.807) is 0 Å². The van der Waals surface area contributed by atoms with Crippen LogP contribution < -0.4 is 0 Å². The van der Waals surface area contributed by atoms with Gasteiger partial charge < -0.3 is 5.11 Å². The van der Waals surface area contributed by atoms with E-state index in [4.69, 9.17) is 0 Å². The fourth-order valence-corrected chi connectivity index (χ4v) is 4.67. The van der Waals surface area contributed by atoms with Crippen molar-refractivity contribution < 1.29 is 14.7 Å². The van der Waals surface area contributed by atoms with E-state index in [1.807, 2.05) is 0 Å². The van der Waals surface area contributed by atoms with Gasteiger partial charge in [-0.15, -0.1) is 0 Å². The molecular weight excluding hydrogens is 384 g/mol. The summed E-state index contributed by atoms with van der Waals surface area (Å²) in [5, 5.41) is 9.86. The molecule has 0 bridgehead atoms. The first kappa shape index (κ1) is 30.1. The largest absolute Gasteiger partial charge is 0.480 e. The summed E-state index contributed by atoms with van der Waals surface area (Å²) in [7, 11) is 0. The lowest BCUT2D eigenvalue weighted by Crippen LogP contribution is -2.38. The van der Waals surface area contributed by atoms with Gasteiger partial charge in [0.25, 0.3) is 0 Å². The number of aliphatic carboxylic acids is 1. The molecule has 0 saturated carbocycles. The molecule has 0 aliphatic heterocycles. The van der Waals surface area contributed by atoms with Crippen LogP contribution in [0.5, 0.6) is 0 Å². The van der Waals surface area contributed by atoms with Crippen LogP contribution in [-0.4, -0.2) is 16.9 Å². The molecule has 0 spiro atoms. The maximum absolute atomic E-state index is 12.3. The number of hydrogen-bond acceptors (Lipinski definition) is 2. The summed E-state index contributed by atoms with van der Waals surface area (Å²) in [6.07, 6.45) is 25.6. The molecule has 0 amide bonds. The fourth-order valence-electron chi connectivity index (χ4n) is 4.67. The van der Waals surface area contributed by atoms with Crippen LogP contribution in [0.15, 0.2) is 0 Å². The van der Waals surface area contributed by atoms with Crippen LogP contribution in [0, 0.1) is 5.41 Å². The Labute approximate surface area is 194 Å². The predicted molar refractivity (Wildman–Crippen MR) is 134 cm³/mol. The number of carbonyl (C=O) groups is 2. The molecule has 3 nitrogen and oxygen atoms in total. The highest BCUT2D eigenvalue weighted by molar-refractivity contribution is 6.01. The van der Waals surface area contributed by atoms with Gasteiger partial charge in [0, 0.05) is 0 Å². The van der Waals surface area contributed by atoms with E-state index in [-0.39, 0.29) is 5.78 Å². The summed E-state index contributed by atoms with van der Waals surface area (Å²) in [5.74, 6) is -1.04. The molecule has 0 aromatic rings. The Morgan fingerprint density at radius 1 is 0.516 bits per heavy atom. The zero-order valence-electron chi connectivity index (χ0n) is 21.3. The third kappa shape index (κ3) is 15.6. The number of hydrogen-bond donors (Lipinski definition) is 1. The van der Waals surface area contributed by atoms with Crippen molar-refractivity contribution in [2.45, 2.75) is 162 Å². The molecule has 0 heterocycles. The number of carboxylic acid groups (broad SMARTS) is 1. The molecule has 0 rings (SSSR count). The lowest BCUT2D eigenvalue weighted by atomic mass is 9.75. The van der Waals surface area contributed by atoms with Crippen molar-refractivity contribution in [2.24, 2.45) is 5.41 Å². The Morgan fingerprint density at radius 2 is 0.774 bits per heavy atom. The molecule has 0 aromatic carbocycles. The van der Waals surface area contributed by atoms with Crippen LogP contribution in [-0.2, 0) is 9.59 Å². The molecule has 0 aliphatic carbocycles. The minimum Gasteiger partial charge on any atom is -0.480 e. The lowest BCUT2D eigenvalue weighted by Gasteiger charge is -2.27. The Hall–Kier alpha value is -0.860. The van der Waals surface area contributed by atoms with Crippen molar-refractivity contribution in [2.75, 3.05) is 0 Å². The number of ketones is 1. The maximum atomic E-state index is 12.3. The highest BCUT2D eigenvalue weighted by Crippen LogP contribution is 2.33. The average Bonchev–Trinajstić information content (AvgIpc) is 2.74. The second-order valence-electron chi connectivity index (χ2n) is 9.81. The number of unbranched alkanes of at least 4 members (excludes halogenated alkanes) is 18. The van der Waals surface area contributed by atoms with Crippen LogP contribution >= 0.6 is 0 Å². The molecule has 1 N–H and O–H groups in total. The summed E-state index contributed by atoms with van der Waals surface area (Å²) in [4.78, 5) is 24.3. The first-order valence-corrected chi connectivity index (χ1v) is 13.8. The molecule has 0 unspecified atom stereocenters. The fraction of sp³-hybridized carbons (Fsp3) is 0.929. The molecular formula is C28H54O3. The first-order chi connectivity index (χ1) is 15.0. The monoisotopic (exact) mass is 438 g/mol. The van der Waals surface area contributed by atoms with Crippen LogP contribution in [0.3, 0.4) is 0 Å². The standard InChI is InChI=1S/C28H54O3/c1-4-6-8-10-12-14-16-18-20-22-24-28(26(3)29,27(30)31)25-23-21-19-17-15-13-11-9-7-5-2/h4-25H2,1-3H3,(H,30,31). The van der Waals surface area contributed by atoms with Gasteiger partial charge in [0.1, 0.15) is 11.2 Å². The van der Waals surface area contributed by atoms with E-state index < -0.39 is 11.4 Å². The molecule has 184 valence electrons. The van der Waals surface area contributed by atoms with Crippen molar-refractivity contribution in [3.8, 4) is 0 Å². The van der Waals surface area contributed by atoms with Gasteiger partial charge in [-0.1, -0.05) is 142 Å². The minimum atomic E-state index is -1.14. The van der Waals surface area contributed by atoms with Crippen LogP contribution in [0.25, 0.3) is 0 Å². The van der Waals surface area contributed by atoms with Gasteiger partial charge in [-0.3, -0.25) is 9.59 Å². The van der Waals surface area contributed by atoms with Gasteiger partial charge in [-0.05, 0) is 19.8 Å². The average molecular weight is 439 g/mol. The molecule has 0 saturated heterocycles. The Balaban J connectivity index is 4.01. The number of carbonyl (C=O) groups excluding carboxylic acids is 1. The van der Waals surface area contributed by atoms with Gasteiger partial charge in [0.15, 0.2) is 0 Å². The van der Waals surface area contributed by atoms with Crippen molar-refractivity contribution in [1.29, 1.82) is 0 Å². The van der Waals surface area contributed by atoms with E-state index in [0.717, 1.165) is 25.7 Å². The van der Waals surface area contributed by atoms with Crippen molar-refractivity contribution in [3.05, 3.63) is 0 Å². The molecule has 31 heavy (non-hydrogen) atoms. The zero-order valence-corrected chi connectivity index (χ0v) is 21.3. The van der Waals surface area contributed by atoms with Gasteiger partial charge in [0.05, 0.1) is 0 Å². The van der Waals surface area contributed by atoms with Crippen LogP contribution in [0.2, 0.25) is 0 Å². The third-order valence-corrected chi connectivity index (χ3v) is 7.00. The smallest absolute Gasteiger partial charge is 0.317 e. The number of rotatable bonds is 24. The quantitative estimate of drug-likeness (QED) is 0.121. The second kappa shape index (κ2) is 21.0. The molecule has 0 radical (unpaired) electrons. The lowest BCUT2D eigenvalue weighted by molar-refractivity contribution is -0.155. The van der Waals surface area contributed by atoms with Gasteiger partial charge in [-0.2, -0.15) is 0 Å². The molecule has 0 fully saturated rings. The summed E-state index contributed by atoms with van der Waals surface area (Å²) >= 11 is 0. The van der Waals surface area contributed by atoms with Crippen LogP contribution in [0.4, 0.5) is 0 Å². The van der Waals surface area contributed by atoms with E-state index in [0.29, 0.717) is 12.8 Å². The second-order valence-corrected chi connectivity index (χ2v) is 9.81. The summed E-state index contributed by atoms with van der Waals surface area (Å²) in [5.41, 5.74) is -1.14. The predicted octanol–water partition coefficient (Wildman–Crippen LogP) is 9.27. The maximum Gasteiger partial charge on any atom is 0.317 e. The van der Waals surface area contributed by atoms with Gasteiger partial charge in [0.2, 0.25) is 0 Å². The summed E-state index contributed by atoms with van der Waals surface area (Å²) < 4.78 is 0. The first-order valence-electron chi connectivity index (χ1n) is 13.8. The van der Waals surface area contributed by atoms with E-state index >= 15 is 0 Å². The van der Waals surface area contributed by atoms with Gasteiger partial charge >= 0.3 is 5.97 Å². The molecule has 0 aliphatic rings. The van der Waals surface area contributed by atoms with Crippen molar-refractivity contribution >= 4 is 11.8 Å². The third-order valence-electron chi connectivity index (χ3n) is 7.00. The Bertz CT molecular complexity index is 390. The minimum absolute atomic E-state index is 0.146. The molecule has 3 heteroatoms. The summed E-state index contributed by atoms with van der Waals surface area (Å²) in [6, 6.07) is 0. The Kier molecular flexibility index (Phi) is 20.4. The normalized spacial score (nSPS) is 11.7. The highest BCUT2D eigenvalue weighted by Gasteiger charge is 2.42. The topological polar surface area (TPSA) is 54.4 Å². The Morgan fingerprint density at radius 3 is 1.00 bits per heavy atom. The molecule has 0 aromatic heterocycles. The molecule has 0 atom stereocenters. The van der Waals surface area contributed by atoms with Crippen molar-refractivity contribution in [3.63, 3.8) is 0 Å². The number of Topliss-reactive ketones (excluding diaryl/α,β-unsaturated/α-hetero) is 1. The van der Waals surface area contributed by atoms with Crippen LogP contribution in [0.1, 0.15) is 162 Å². The number of carboxylic acids is 1. The zero-order chi connectivity index (χ0) is 23.2. The van der Waals surface area contributed by atoms with E-state index in [2.05, 4.69) is 13.8 Å².